The summed E-state index contributed by atoms with van der Waals surface area (Å²) in [6, 6.07) is 11.6. The number of hydrogen-bond donors (Lipinski definition) is 0. The van der Waals surface area contributed by atoms with Crippen LogP contribution in [0, 0.1) is 0 Å². The molecule has 0 N–H and O–H groups in total. The molecular weight excluding hydrogens is 480 g/mol. The molecule has 0 fully saturated rings. The topological polar surface area (TPSA) is 12.9 Å². The van der Waals surface area contributed by atoms with Crippen LogP contribution in [0.15, 0.2) is 71.4 Å². The third-order valence-electron chi connectivity index (χ3n) is 7.26. The maximum Gasteiger partial charge on any atom is 0.416 e. The lowest BCUT2D eigenvalue weighted by Gasteiger charge is -2.35. The molecule has 8 heteroatoms. The summed E-state index contributed by atoms with van der Waals surface area (Å²) < 4.78 is 81.8. The van der Waals surface area contributed by atoms with Crippen LogP contribution < -0.4 is 5.19 Å². The van der Waals surface area contributed by atoms with E-state index in [9.17, 15) is 26.3 Å². The standard InChI is InChI=1S/C27H25F6NSi/c1-15-16(2)23(22-10-6-8-18-9-7-11-34-24(18)22)25(17(15)3)35(4,5)21-13-19(26(28,29)30)12-20(14-21)27(31,32)33/h6-14,25H,1-5H3. The number of fused-ring (bicyclic) bond motifs is 1. The van der Waals surface area contributed by atoms with Gasteiger partial charge in [-0.2, -0.15) is 26.3 Å². The first-order valence-corrected chi connectivity index (χ1v) is 14.2. The number of halogens is 6. The van der Waals surface area contributed by atoms with E-state index in [1.165, 1.54) is 0 Å². The summed E-state index contributed by atoms with van der Waals surface area (Å²) in [6.07, 6.45) is -8.08. The monoisotopic (exact) mass is 505 g/mol. The van der Waals surface area contributed by atoms with E-state index in [-0.39, 0.29) is 16.8 Å². The molecule has 3 aromatic rings. The van der Waals surface area contributed by atoms with E-state index in [0.717, 1.165) is 50.9 Å². The van der Waals surface area contributed by atoms with Crippen molar-refractivity contribution in [2.75, 3.05) is 0 Å². The maximum absolute atomic E-state index is 13.6. The molecule has 35 heavy (non-hydrogen) atoms. The molecule has 1 heterocycles. The summed E-state index contributed by atoms with van der Waals surface area (Å²) in [7, 11) is -2.99. The SMILES string of the molecule is CC1=C(C)C([Si](C)(C)c2cc(C(F)(F)F)cc(C(F)(F)F)c2)C(c2cccc3cccnc23)=C1C. The first-order valence-electron chi connectivity index (χ1n) is 11.2. The summed E-state index contributed by atoms with van der Waals surface area (Å²) in [4.78, 5) is 4.56. The minimum atomic E-state index is -4.88. The Bertz CT molecular complexity index is 1340. The maximum atomic E-state index is 13.6. The van der Waals surface area contributed by atoms with Crippen molar-refractivity contribution in [2.45, 2.75) is 51.8 Å². The molecule has 1 aliphatic carbocycles. The molecule has 1 atom stereocenters. The zero-order chi connectivity index (χ0) is 25.9. The van der Waals surface area contributed by atoms with Crippen molar-refractivity contribution in [2.24, 2.45) is 0 Å². The second-order valence-corrected chi connectivity index (χ2v) is 14.3. The molecule has 1 unspecified atom stereocenters. The lowest BCUT2D eigenvalue weighted by atomic mass is 9.97. The Morgan fingerprint density at radius 1 is 0.771 bits per heavy atom. The van der Waals surface area contributed by atoms with Gasteiger partial charge in [-0.25, -0.2) is 0 Å². The predicted octanol–water partition coefficient (Wildman–Crippen LogP) is 8.38. The van der Waals surface area contributed by atoms with Crippen LogP contribution in [0.5, 0.6) is 0 Å². The highest BCUT2D eigenvalue weighted by molar-refractivity contribution is 6.93. The van der Waals surface area contributed by atoms with E-state index in [4.69, 9.17) is 0 Å². The van der Waals surface area contributed by atoms with Crippen LogP contribution in [0.25, 0.3) is 16.5 Å². The fourth-order valence-electron chi connectivity index (χ4n) is 5.22. The highest BCUT2D eigenvalue weighted by atomic mass is 28.3. The molecule has 0 radical (unpaired) electrons. The highest BCUT2D eigenvalue weighted by Crippen LogP contribution is 2.52. The van der Waals surface area contributed by atoms with Crippen LogP contribution in [-0.2, 0) is 12.4 Å². The molecule has 184 valence electrons. The fraction of sp³-hybridized carbons (Fsp3) is 0.296. The minimum absolute atomic E-state index is 0.122. The first kappa shape index (κ1) is 25.2. The van der Waals surface area contributed by atoms with Gasteiger partial charge in [0, 0.05) is 22.7 Å². The average Bonchev–Trinajstić information content (AvgIpc) is 3.01. The summed E-state index contributed by atoms with van der Waals surface area (Å²) in [5.74, 6) is 0. The van der Waals surface area contributed by atoms with E-state index >= 15 is 0 Å². The van der Waals surface area contributed by atoms with Crippen molar-refractivity contribution >= 4 is 29.7 Å². The number of para-hydroxylation sites is 1. The Kier molecular flexibility index (Phi) is 6.03. The quantitative estimate of drug-likeness (QED) is 0.257. The minimum Gasteiger partial charge on any atom is -0.256 e. The molecule has 1 nitrogen and oxygen atoms in total. The first-order chi connectivity index (χ1) is 16.1. The lowest BCUT2D eigenvalue weighted by Crippen LogP contribution is -2.47. The molecule has 2 aromatic carbocycles. The lowest BCUT2D eigenvalue weighted by molar-refractivity contribution is -0.142. The van der Waals surface area contributed by atoms with Gasteiger partial charge in [-0.3, -0.25) is 4.98 Å². The predicted molar refractivity (Wildman–Crippen MR) is 130 cm³/mol. The van der Waals surface area contributed by atoms with Crippen LogP contribution in [-0.4, -0.2) is 13.1 Å². The number of aromatic nitrogens is 1. The zero-order valence-corrected chi connectivity index (χ0v) is 21.0. The normalized spacial score (nSPS) is 17.6. The summed E-state index contributed by atoms with van der Waals surface area (Å²) in [5, 5.41) is 1.04. The van der Waals surface area contributed by atoms with Crippen LogP contribution in [0.3, 0.4) is 0 Å². The van der Waals surface area contributed by atoms with Gasteiger partial charge in [0.2, 0.25) is 0 Å². The summed E-state index contributed by atoms with van der Waals surface area (Å²) in [6.45, 7) is 9.55. The molecule has 4 rings (SSSR count). The van der Waals surface area contributed by atoms with Crippen LogP contribution >= 0.6 is 0 Å². The molecule has 0 bridgehead atoms. The number of hydrogen-bond acceptors (Lipinski definition) is 1. The van der Waals surface area contributed by atoms with Crippen molar-refractivity contribution in [3.05, 3.63) is 88.1 Å². The number of allylic oxidation sites excluding steroid dienone is 4. The van der Waals surface area contributed by atoms with Crippen molar-refractivity contribution in [3.63, 3.8) is 0 Å². The molecular formula is C27H25F6NSi. The Balaban J connectivity index is 1.97. The number of nitrogens with zero attached hydrogens (tertiary/aromatic N) is 1. The number of benzene rings is 2. The largest absolute Gasteiger partial charge is 0.416 e. The Morgan fingerprint density at radius 2 is 1.34 bits per heavy atom. The van der Waals surface area contributed by atoms with Gasteiger partial charge in [0.1, 0.15) is 0 Å². The summed E-state index contributed by atoms with van der Waals surface area (Å²) >= 11 is 0. The number of rotatable bonds is 3. The van der Waals surface area contributed by atoms with E-state index in [1.54, 1.807) is 6.20 Å². The Morgan fingerprint density at radius 3 is 1.91 bits per heavy atom. The van der Waals surface area contributed by atoms with Crippen LogP contribution in [0.4, 0.5) is 26.3 Å². The van der Waals surface area contributed by atoms with Crippen molar-refractivity contribution in [3.8, 4) is 0 Å². The molecule has 0 aliphatic heterocycles. The number of pyridine rings is 1. The molecule has 0 saturated heterocycles. The molecule has 1 aromatic heterocycles. The third kappa shape index (κ3) is 4.33. The van der Waals surface area contributed by atoms with Gasteiger partial charge in [-0.15, -0.1) is 0 Å². The van der Waals surface area contributed by atoms with E-state index in [0.29, 0.717) is 0 Å². The Hall–Kier alpha value is -2.87. The van der Waals surface area contributed by atoms with Gasteiger partial charge < -0.3 is 0 Å². The van der Waals surface area contributed by atoms with E-state index in [1.807, 2.05) is 64.2 Å². The van der Waals surface area contributed by atoms with Gasteiger partial charge in [0.25, 0.3) is 0 Å². The third-order valence-corrected chi connectivity index (χ3v) is 11.2. The van der Waals surface area contributed by atoms with Gasteiger partial charge in [0.15, 0.2) is 0 Å². The van der Waals surface area contributed by atoms with Gasteiger partial charge in [0.05, 0.1) is 24.7 Å². The fourth-order valence-corrected chi connectivity index (χ4v) is 9.00. The van der Waals surface area contributed by atoms with Gasteiger partial charge in [-0.1, -0.05) is 60.3 Å². The van der Waals surface area contributed by atoms with Crippen molar-refractivity contribution < 1.29 is 26.3 Å². The molecule has 1 aliphatic rings. The second-order valence-electron chi connectivity index (χ2n) is 9.68. The van der Waals surface area contributed by atoms with E-state index < -0.39 is 31.6 Å². The van der Waals surface area contributed by atoms with Crippen LogP contribution in [0.2, 0.25) is 18.6 Å². The van der Waals surface area contributed by atoms with E-state index in [2.05, 4.69) is 4.98 Å². The molecule has 0 amide bonds. The highest BCUT2D eigenvalue weighted by Gasteiger charge is 2.45. The number of alkyl halides is 6. The molecule has 0 saturated carbocycles. The van der Waals surface area contributed by atoms with Crippen molar-refractivity contribution in [1.82, 2.24) is 4.98 Å². The Labute approximate surface area is 201 Å². The van der Waals surface area contributed by atoms with Crippen molar-refractivity contribution in [1.29, 1.82) is 0 Å². The average molecular weight is 506 g/mol. The smallest absolute Gasteiger partial charge is 0.256 e. The van der Waals surface area contributed by atoms with Gasteiger partial charge in [-0.05, 0) is 49.6 Å². The molecule has 0 spiro atoms. The summed E-state index contributed by atoms with van der Waals surface area (Å²) in [5.41, 5.74) is 2.71. The van der Waals surface area contributed by atoms with Gasteiger partial charge >= 0.3 is 12.4 Å². The second kappa shape index (κ2) is 8.36. The zero-order valence-electron chi connectivity index (χ0n) is 20.0. The van der Waals surface area contributed by atoms with Crippen LogP contribution in [0.1, 0.15) is 37.5 Å².